The summed E-state index contributed by atoms with van der Waals surface area (Å²) < 4.78 is 63.6. The van der Waals surface area contributed by atoms with Gasteiger partial charge in [0.05, 0.1) is 71.9 Å². The van der Waals surface area contributed by atoms with Gasteiger partial charge < -0.3 is 19.9 Å². The fourth-order valence-corrected chi connectivity index (χ4v) is 4.99. The Hall–Kier alpha value is -4.05. The quantitative estimate of drug-likeness (QED) is 0.275. The number of fused-ring (bicyclic) bond motifs is 2. The zero-order valence-electron chi connectivity index (χ0n) is 25.2. The highest BCUT2D eigenvalue weighted by molar-refractivity contribution is 7.90. The van der Waals surface area contributed by atoms with E-state index in [0.717, 1.165) is 5.52 Å². The number of amides is 1. The number of carbonyl (C=O) groups excluding carboxylic acids is 1. The van der Waals surface area contributed by atoms with Crippen LogP contribution in [0, 0.1) is 0 Å². The predicted octanol–water partition coefficient (Wildman–Crippen LogP) is 2.79. The number of rotatable bonds is 9. The van der Waals surface area contributed by atoms with Crippen LogP contribution in [0.25, 0.3) is 11.0 Å². The Labute approximate surface area is 250 Å². The lowest BCUT2D eigenvalue weighted by Gasteiger charge is -2.20. The number of hydrogen-bond acceptors (Lipinski definition) is 11. The minimum atomic E-state index is -3.06. The molecule has 0 aliphatic rings. The van der Waals surface area contributed by atoms with E-state index in [9.17, 15) is 21.6 Å². The van der Waals surface area contributed by atoms with Gasteiger partial charge in [0, 0.05) is 25.4 Å². The number of sulfone groups is 2. The molecule has 16 heteroatoms. The van der Waals surface area contributed by atoms with Crippen molar-refractivity contribution in [1.82, 2.24) is 19.2 Å². The van der Waals surface area contributed by atoms with Crippen molar-refractivity contribution in [3.8, 4) is 11.5 Å². The average Bonchev–Trinajstić information content (AvgIpc) is 3.46. The molecule has 43 heavy (non-hydrogen) atoms. The minimum Gasteiger partial charge on any atom is -0.493 e. The summed E-state index contributed by atoms with van der Waals surface area (Å²) in [6, 6.07) is 7.03. The van der Waals surface area contributed by atoms with Gasteiger partial charge in [-0.15, -0.1) is 0 Å². The third-order valence-corrected chi connectivity index (χ3v) is 7.68. The number of nitrogen functional groups attached to an aromatic ring is 1. The van der Waals surface area contributed by atoms with E-state index >= 15 is 0 Å². The normalized spacial score (nSPS) is 12.1. The maximum Gasteiger partial charge on any atom is 0.412 e. The van der Waals surface area contributed by atoms with Crippen LogP contribution in [0.2, 0.25) is 0 Å². The minimum absolute atomic E-state index is 0.0248. The van der Waals surface area contributed by atoms with Crippen LogP contribution in [0.1, 0.15) is 32.2 Å². The number of aryl methyl sites for hydroxylation is 2. The van der Waals surface area contributed by atoms with E-state index in [-0.39, 0.29) is 11.5 Å². The zero-order valence-corrected chi connectivity index (χ0v) is 26.9. The summed E-state index contributed by atoms with van der Waals surface area (Å²) >= 11 is 0. The maximum absolute atomic E-state index is 12.0. The molecule has 0 aromatic carbocycles. The molecule has 14 nitrogen and oxygen atoms in total. The number of aromatic nitrogens is 4. The fourth-order valence-electron chi connectivity index (χ4n) is 3.83. The molecule has 0 bridgehead atoms. The number of pyridine rings is 2. The number of anilines is 2. The first-order valence-electron chi connectivity index (χ1n) is 13.1. The van der Waals surface area contributed by atoms with Gasteiger partial charge in [-0.05, 0) is 45.0 Å². The molecule has 0 atom stereocenters. The van der Waals surface area contributed by atoms with E-state index in [0.29, 0.717) is 52.6 Å². The lowest BCUT2D eigenvalue weighted by atomic mass is 10.2. The SMILES string of the molecule is COc1cn2nc(CCS(C)(=O)=O)cc2cc1N.COc1cn2nc(CCS(C)(=O)=O)cc2cc1NC(=O)OC(C)(C)C. The lowest BCUT2D eigenvalue weighted by Crippen LogP contribution is -2.27. The maximum atomic E-state index is 12.0. The van der Waals surface area contributed by atoms with Crippen LogP contribution in [0.5, 0.6) is 11.5 Å². The van der Waals surface area contributed by atoms with E-state index in [1.807, 2.05) is 6.07 Å². The van der Waals surface area contributed by atoms with E-state index in [1.165, 1.54) is 26.7 Å². The molecule has 0 unspecified atom stereocenters. The molecule has 4 heterocycles. The number of ether oxygens (including phenoxy) is 3. The number of nitrogens with zero attached hydrogens (tertiary/aromatic N) is 4. The molecular weight excluding hydrogens is 600 g/mol. The smallest absolute Gasteiger partial charge is 0.412 e. The highest BCUT2D eigenvalue weighted by Crippen LogP contribution is 2.27. The average molecular weight is 639 g/mol. The van der Waals surface area contributed by atoms with Gasteiger partial charge in [0.2, 0.25) is 0 Å². The van der Waals surface area contributed by atoms with Gasteiger partial charge in [-0.25, -0.2) is 30.7 Å². The molecular formula is C27H38N6O8S2. The Balaban J connectivity index is 0.000000248. The van der Waals surface area contributed by atoms with Gasteiger partial charge in [0.15, 0.2) is 11.5 Å². The van der Waals surface area contributed by atoms with Crippen LogP contribution in [0.4, 0.5) is 16.2 Å². The van der Waals surface area contributed by atoms with Gasteiger partial charge >= 0.3 is 6.09 Å². The summed E-state index contributed by atoms with van der Waals surface area (Å²) in [6.45, 7) is 5.33. The van der Waals surface area contributed by atoms with Crippen molar-refractivity contribution in [2.75, 3.05) is 49.3 Å². The van der Waals surface area contributed by atoms with Crippen molar-refractivity contribution in [1.29, 1.82) is 0 Å². The van der Waals surface area contributed by atoms with Gasteiger partial charge in [-0.3, -0.25) is 5.32 Å². The van der Waals surface area contributed by atoms with Crippen LogP contribution < -0.4 is 20.5 Å². The summed E-state index contributed by atoms with van der Waals surface area (Å²) in [7, 11) is -3.03. The van der Waals surface area contributed by atoms with Crippen LogP contribution in [-0.2, 0) is 37.3 Å². The first-order chi connectivity index (χ1) is 19.9. The van der Waals surface area contributed by atoms with E-state index in [4.69, 9.17) is 19.9 Å². The van der Waals surface area contributed by atoms with E-state index in [1.54, 1.807) is 60.4 Å². The molecule has 0 saturated heterocycles. The van der Waals surface area contributed by atoms with Crippen molar-refractivity contribution in [2.45, 2.75) is 39.2 Å². The topological polar surface area (TPSA) is 186 Å². The fraction of sp³-hybridized carbons (Fsp3) is 0.444. The first kappa shape index (κ1) is 33.5. The standard InChI is InChI=1S/C16H23N3O5S.C11H15N3O3S/c1-16(2,3)24-15(20)17-13-9-12-8-11(6-7-25(5,21)22)18-19(12)10-14(13)23-4;1-17-11-7-14-9(6-10(11)12)5-8(13-14)3-4-18(2,15)16/h8-10H,6-7H2,1-5H3,(H,17,20);5-7H,3-4,12H2,1-2H3. The molecule has 0 radical (unpaired) electrons. The van der Waals surface area contributed by atoms with E-state index < -0.39 is 31.4 Å². The molecule has 1 amide bonds. The Bertz CT molecular complexity index is 1820. The summed E-state index contributed by atoms with van der Waals surface area (Å²) in [5, 5.41) is 11.3. The number of carbonyl (C=O) groups is 1. The van der Waals surface area contributed by atoms with Crippen LogP contribution in [-0.4, -0.2) is 86.0 Å². The highest BCUT2D eigenvalue weighted by Gasteiger charge is 2.18. The largest absolute Gasteiger partial charge is 0.493 e. The van der Waals surface area contributed by atoms with Crippen molar-refractivity contribution >= 4 is 48.2 Å². The number of nitrogens with one attached hydrogen (secondary N) is 1. The second-order valence-electron chi connectivity index (χ2n) is 10.9. The van der Waals surface area contributed by atoms with Crippen LogP contribution >= 0.6 is 0 Å². The van der Waals surface area contributed by atoms with Crippen molar-refractivity contribution < 1.29 is 35.8 Å². The number of hydrogen-bond donors (Lipinski definition) is 2. The zero-order chi connectivity index (χ0) is 32.2. The molecule has 236 valence electrons. The number of nitrogens with two attached hydrogens (primary N) is 1. The predicted molar refractivity (Wildman–Crippen MR) is 165 cm³/mol. The van der Waals surface area contributed by atoms with Crippen LogP contribution in [0.15, 0.2) is 36.7 Å². The molecule has 0 fully saturated rings. The molecule has 0 aliphatic heterocycles. The summed E-state index contributed by atoms with van der Waals surface area (Å²) in [4.78, 5) is 12.0. The van der Waals surface area contributed by atoms with Gasteiger partial charge in [0.25, 0.3) is 0 Å². The Kier molecular flexibility index (Phi) is 10.2. The van der Waals surface area contributed by atoms with Crippen molar-refractivity contribution in [3.63, 3.8) is 0 Å². The van der Waals surface area contributed by atoms with Crippen LogP contribution in [0.3, 0.4) is 0 Å². The Morgan fingerprint density at radius 2 is 1.30 bits per heavy atom. The summed E-state index contributed by atoms with van der Waals surface area (Å²) in [5.41, 5.74) is 9.02. The third kappa shape index (κ3) is 10.3. The molecule has 0 saturated carbocycles. The molecule has 4 aromatic heterocycles. The highest BCUT2D eigenvalue weighted by atomic mass is 32.2. The lowest BCUT2D eigenvalue weighted by molar-refractivity contribution is 0.0635. The first-order valence-corrected chi connectivity index (χ1v) is 17.2. The Morgan fingerprint density at radius 1 is 0.837 bits per heavy atom. The van der Waals surface area contributed by atoms with Gasteiger partial charge in [-0.2, -0.15) is 10.2 Å². The number of methoxy groups -OCH3 is 2. The molecule has 4 rings (SSSR count). The second kappa shape index (κ2) is 13.1. The summed E-state index contributed by atoms with van der Waals surface area (Å²) in [6.07, 6.45) is 5.81. The van der Waals surface area contributed by atoms with Gasteiger partial charge in [0.1, 0.15) is 25.3 Å². The van der Waals surface area contributed by atoms with Gasteiger partial charge in [-0.1, -0.05) is 0 Å². The third-order valence-electron chi connectivity index (χ3n) is 5.79. The molecule has 0 aliphatic carbocycles. The molecule has 4 aromatic rings. The second-order valence-corrected chi connectivity index (χ2v) is 15.5. The van der Waals surface area contributed by atoms with Crippen molar-refractivity contribution in [3.05, 3.63) is 48.0 Å². The molecule has 3 N–H and O–H groups in total. The van der Waals surface area contributed by atoms with E-state index in [2.05, 4.69) is 15.5 Å². The Morgan fingerprint density at radius 3 is 1.74 bits per heavy atom. The molecule has 0 spiro atoms. The monoisotopic (exact) mass is 638 g/mol. The summed E-state index contributed by atoms with van der Waals surface area (Å²) in [5.74, 6) is 1.07. The van der Waals surface area contributed by atoms with Crippen molar-refractivity contribution in [2.24, 2.45) is 0 Å².